The first-order chi connectivity index (χ1) is 5.77. The van der Waals surface area contributed by atoms with Crippen LogP contribution in [0.4, 0.5) is 0 Å². The van der Waals surface area contributed by atoms with E-state index in [9.17, 15) is 4.79 Å². The molecule has 2 nitrogen and oxygen atoms in total. The molecule has 0 aromatic rings. The van der Waals surface area contributed by atoms with Crippen LogP contribution >= 0.6 is 0 Å². The molecule has 2 rings (SSSR count). The predicted octanol–water partition coefficient (Wildman–Crippen LogP) is 2.05. The van der Waals surface area contributed by atoms with Gasteiger partial charge in [0.25, 0.3) is 0 Å². The van der Waals surface area contributed by atoms with Crippen molar-refractivity contribution in [3.8, 4) is 6.07 Å². The van der Waals surface area contributed by atoms with Gasteiger partial charge in [0.1, 0.15) is 5.78 Å². The molecule has 0 unspecified atom stereocenters. The normalized spacial score (nSPS) is 28.1. The lowest BCUT2D eigenvalue weighted by Gasteiger charge is -2.29. The Bertz CT molecular complexity index is 237. The van der Waals surface area contributed by atoms with Gasteiger partial charge in [-0.2, -0.15) is 5.26 Å². The molecule has 0 amide bonds. The summed E-state index contributed by atoms with van der Waals surface area (Å²) in [4.78, 5) is 11.0. The van der Waals surface area contributed by atoms with Crippen LogP contribution < -0.4 is 0 Å². The van der Waals surface area contributed by atoms with Gasteiger partial charge >= 0.3 is 0 Å². The van der Waals surface area contributed by atoms with E-state index in [1.165, 1.54) is 12.8 Å². The second-order valence-electron chi connectivity index (χ2n) is 4.08. The third-order valence-electron chi connectivity index (χ3n) is 3.28. The van der Waals surface area contributed by atoms with Crippen molar-refractivity contribution >= 4 is 5.78 Å². The van der Waals surface area contributed by atoms with E-state index in [1.807, 2.05) is 0 Å². The molecule has 0 aliphatic heterocycles. The molecule has 2 aliphatic rings. The Morgan fingerprint density at radius 2 is 1.92 bits per heavy atom. The molecule has 0 heterocycles. The molecule has 0 atom stereocenters. The van der Waals surface area contributed by atoms with Crippen LogP contribution in [0.2, 0.25) is 0 Å². The zero-order valence-corrected chi connectivity index (χ0v) is 7.18. The van der Waals surface area contributed by atoms with Crippen molar-refractivity contribution in [2.45, 2.75) is 38.5 Å². The van der Waals surface area contributed by atoms with Crippen molar-refractivity contribution in [3.05, 3.63) is 0 Å². The van der Waals surface area contributed by atoms with E-state index >= 15 is 0 Å². The first-order valence-electron chi connectivity index (χ1n) is 4.70. The highest BCUT2D eigenvalue weighted by atomic mass is 16.1. The van der Waals surface area contributed by atoms with Crippen molar-refractivity contribution in [2.75, 3.05) is 0 Å². The lowest BCUT2D eigenvalue weighted by atomic mass is 9.71. The van der Waals surface area contributed by atoms with Gasteiger partial charge < -0.3 is 0 Å². The molecule has 0 bridgehead atoms. The highest BCUT2D eigenvalue weighted by molar-refractivity contribution is 5.79. The largest absolute Gasteiger partial charge is 0.300 e. The highest BCUT2D eigenvalue weighted by Crippen LogP contribution is 2.52. The Morgan fingerprint density at radius 3 is 2.33 bits per heavy atom. The van der Waals surface area contributed by atoms with Crippen LogP contribution in [0.1, 0.15) is 38.5 Å². The fraction of sp³-hybridized carbons (Fsp3) is 0.800. The Hall–Kier alpha value is -0.840. The zero-order valence-electron chi connectivity index (χ0n) is 7.18. The van der Waals surface area contributed by atoms with Gasteiger partial charge in [0.2, 0.25) is 0 Å². The molecule has 0 spiro atoms. The number of nitrogens with zero attached hydrogens (tertiary/aromatic N) is 1. The molecule has 2 saturated carbocycles. The number of hydrogen-bond donors (Lipinski definition) is 0. The monoisotopic (exact) mass is 163 g/mol. The summed E-state index contributed by atoms with van der Waals surface area (Å²) in [6.07, 6.45) is 5.36. The topological polar surface area (TPSA) is 40.9 Å². The first kappa shape index (κ1) is 7.79. The molecular formula is C10H13NO. The fourth-order valence-corrected chi connectivity index (χ4v) is 2.22. The van der Waals surface area contributed by atoms with Crippen molar-refractivity contribution in [2.24, 2.45) is 11.3 Å². The quantitative estimate of drug-likeness (QED) is 0.593. The third kappa shape index (κ3) is 1.14. The van der Waals surface area contributed by atoms with Crippen molar-refractivity contribution < 1.29 is 4.79 Å². The maximum atomic E-state index is 11.0. The Labute approximate surface area is 72.6 Å². The number of ketones is 1. The molecule has 0 aromatic carbocycles. The lowest BCUT2D eigenvalue weighted by molar-refractivity contribution is -0.121. The molecule has 2 fully saturated rings. The van der Waals surface area contributed by atoms with Gasteiger partial charge in [0, 0.05) is 12.8 Å². The Kier molecular flexibility index (Phi) is 1.68. The lowest BCUT2D eigenvalue weighted by Crippen LogP contribution is -2.28. The first-order valence-corrected chi connectivity index (χ1v) is 4.70. The second kappa shape index (κ2) is 2.58. The third-order valence-corrected chi connectivity index (χ3v) is 3.28. The molecule has 64 valence electrons. The zero-order chi connectivity index (χ0) is 8.60. The molecule has 12 heavy (non-hydrogen) atoms. The van der Waals surface area contributed by atoms with Gasteiger partial charge in [0.15, 0.2) is 0 Å². The minimum Gasteiger partial charge on any atom is -0.300 e. The smallest absolute Gasteiger partial charge is 0.133 e. The minimum absolute atomic E-state index is 0.103. The van der Waals surface area contributed by atoms with Gasteiger partial charge in [-0.25, -0.2) is 0 Å². The van der Waals surface area contributed by atoms with Crippen LogP contribution in [-0.4, -0.2) is 5.78 Å². The van der Waals surface area contributed by atoms with Crippen LogP contribution in [0.3, 0.4) is 0 Å². The minimum atomic E-state index is -0.103. The Morgan fingerprint density at radius 1 is 1.33 bits per heavy atom. The number of hydrogen-bond acceptors (Lipinski definition) is 2. The maximum Gasteiger partial charge on any atom is 0.133 e. The summed E-state index contributed by atoms with van der Waals surface area (Å²) >= 11 is 0. The van der Waals surface area contributed by atoms with E-state index < -0.39 is 0 Å². The van der Waals surface area contributed by atoms with Crippen molar-refractivity contribution in [1.29, 1.82) is 5.26 Å². The molecule has 0 radical (unpaired) electrons. The average molecular weight is 163 g/mol. The van der Waals surface area contributed by atoms with Crippen molar-refractivity contribution in [1.82, 2.24) is 0 Å². The molecule has 0 N–H and O–H groups in total. The van der Waals surface area contributed by atoms with Crippen LogP contribution in [-0.2, 0) is 4.79 Å². The summed E-state index contributed by atoms with van der Waals surface area (Å²) in [5.74, 6) is 0.970. The van der Waals surface area contributed by atoms with E-state index in [-0.39, 0.29) is 5.41 Å². The maximum absolute atomic E-state index is 11.0. The summed E-state index contributed by atoms with van der Waals surface area (Å²) in [6, 6.07) is 2.45. The van der Waals surface area contributed by atoms with Crippen LogP contribution in [0.15, 0.2) is 0 Å². The van der Waals surface area contributed by atoms with Gasteiger partial charge in [-0.3, -0.25) is 4.79 Å². The van der Waals surface area contributed by atoms with E-state index in [4.69, 9.17) is 5.26 Å². The molecular weight excluding hydrogens is 150 g/mol. The molecule has 0 aromatic heterocycles. The van der Waals surface area contributed by atoms with Gasteiger partial charge in [-0.1, -0.05) is 0 Å². The van der Waals surface area contributed by atoms with Gasteiger partial charge in [0.05, 0.1) is 11.5 Å². The summed E-state index contributed by atoms with van der Waals surface area (Å²) < 4.78 is 0. The number of carbonyl (C=O) groups excluding carboxylic acids is 1. The SMILES string of the molecule is N#CC1(C2CC2)CCC(=O)CC1. The second-order valence-corrected chi connectivity index (χ2v) is 4.08. The Balaban J connectivity index is 2.09. The van der Waals surface area contributed by atoms with E-state index in [1.54, 1.807) is 0 Å². The summed E-state index contributed by atoms with van der Waals surface area (Å²) in [6.45, 7) is 0. The number of carbonyl (C=O) groups is 1. The van der Waals surface area contributed by atoms with E-state index in [0.717, 1.165) is 12.8 Å². The summed E-state index contributed by atoms with van der Waals surface area (Å²) in [5.41, 5.74) is -0.103. The highest BCUT2D eigenvalue weighted by Gasteiger charge is 2.47. The van der Waals surface area contributed by atoms with Gasteiger partial charge in [-0.15, -0.1) is 0 Å². The molecule has 0 saturated heterocycles. The van der Waals surface area contributed by atoms with E-state index in [0.29, 0.717) is 24.5 Å². The van der Waals surface area contributed by atoms with Crippen LogP contribution in [0.25, 0.3) is 0 Å². The summed E-state index contributed by atoms with van der Waals surface area (Å²) in [7, 11) is 0. The number of Topliss-reactive ketones (excluding diaryl/α,β-unsaturated/α-hetero) is 1. The average Bonchev–Trinajstić information content (AvgIpc) is 2.90. The summed E-state index contributed by atoms with van der Waals surface area (Å²) in [5, 5.41) is 9.08. The van der Waals surface area contributed by atoms with Crippen LogP contribution in [0, 0.1) is 22.7 Å². The molecule has 2 aliphatic carbocycles. The van der Waals surface area contributed by atoms with Gasteiger partial charge in [-0.05, 0) is 31.6 Å². The van der Waals surface area contributed by atoms with Crippen LogP contribution in [0.5, 0.6) is 0 Å². The predicted molar refractivity (Wildman–Crippen MR) is 44.2 cm³/mol. The van der Waals surface area contributed by atoms with E-state index in [2.05, 4.69) is 6.07 Å². The fourth-order valence-electron chi connectivity index (χ4n) is 2.22. The standard InChI is InChI=1S/C10H13NO/c11-7-10(8-1-2-8)5-3-9(12)4-6-10/h8H,1-6H2. The number of nitriles is 1. The number of rotatable bonds is 1. The molecule has 2 heteroatoms. The van der Waals surface area contributed by atoms with Crippen molar-refractivity contribution in [3.63, 3.8) is 0 Å².